The summed E-state index contributed by atoms with van der Waals surface area (Å²) >= 11 is 1.83. The number of carbonyl (C=O) groups is 1. The van der Waals surface area contributed by atoms with E-state index in [1.54, 1.807) is 0 Å². The maximum Gasteiger partial charge on any atom is 0.245 e. The number of thioether (sulfide) groups is 1. The fraction of sp³-hybridized carbons (Fsp3) is 0.591. The molecule has 1 aliphatic heterocycles. The first kappa shape index (κ1) is 23.4. The fourth-order valence-corrected chi connectivity index (χ4v) is 4.31. The van der Waals surface area contributed by atoms with Gasteiger partial charge in [-0.15, -0.1) is 5.10 Å². The Kier molecular flexibility index (Phi) is 8.60. The minimum atomic E-state index is -0.121. The molecule has 3 rings (SSSR count). The molecule has 168 valence electrons. The number of hydrogen-bond acceptors (Lipinski definition) is 7. The lowest BCUT2D eigenvalue weighted by atomic mass is 9.95. The van der Waals surface area contributed by atoms with E-state index in [0.29, 0.717) is 5.92 Å². The second-order valence-corrected chi connectivity index (χ2v) is 9.08. The Hall–Kier alpha value is -2.26. The lowest BCUT2D eigenvalue weighted by Crippen LogP contribution is -2.40. The number of hydrogen-bond donors (Lipinski definition) is 1. The average Bonchev–Trinajstić information content (AvgIpc) is 3.24. The molecule has 31 heavy (non-hydrogen) atoms. The van der Waals surface area contributed by atoms with Crippen LogP contribution < -0.4 is 5.32 Å². The highest BCUT2D eigenvalue weighted by molar-refractivity contribution is 7.98. The van der Waals surface area contributed by atoms with Gasteiger partial charge in [-0.1, -0.05) is 12.6 Å². The maximum absolute atomic E-state index is 11.8. The van der Waals surface area contributed by atoms with Crippen molar-refractivity contribution in [3.05, 3.63) is 47.6 Å². The highest BCUT2D eigenvalue weighted by Gasteiger charge is 2.26. The van der Waals surface area contributed by atoms with E-state index in [1.165, 1.54) is 6.08 Å². The first-order valence-electron chi connectivity index (χ1n) is 10.9. The van der Waals surface area contributed by atoms with Crippen LogP contribution in [0.1, 0.15) is 47.9 Å². The van der Waals surface area contributed by atoms with Crippen LogP contribution >= 0.6 is 11.8 Å². The van der Waals surface area contributed by atoms with Crippen molar-refractivity contribution >= 4 is 17.7 Å². The minimum Gasteiger partial charge on any atom is -0.339 e. The number of aromatic nitrogens is 5. The van der Waals surface area contributed by atoms with Gasteiger partial charge in [0.05, 0.1) is 6.04 Å². The maximum atomic E-state index is 11.8. The number of nitrogens with one attached hydrogen (secondary N) is 1. The molecule has 3 heterocycles. The molecule has 0 saturated carbocycles. The third-order valence-electron chi connectivity index (χ3n) is 5.94. The zero-order chi connectivity index (χ0) is 22.2. The summed E-state index contributed by atoms with van der Waals surface area (Å²) in [5, 5.41) is 16.3. The molecule has 1 atom stereocenters. The van der Waals surface area contributed by atoms with E-state index in [4.69, 9.17) is 0 Å². The summed E-state index contributed by atoms with van der Waals surface area (Å²) in [7, 11) is 0. The summed E-state index contributed by atoms with van der Waals surface area (Å²) in [6.45, 7) is 10.9. The predicted octanol–water partition coefficient (Wildman–Crippen LogP) is 2.54. The van der Waals surface area contributed by atoms with Crippen LogP contribution in [0.4, 0.5) is 0 Å². The Morgan fingerprint density at radius 1 is 1.39 bits per heavy atom. The van der Waals surface area contributed by atoms with Crippen LogP contribution in [0.3, 0.4) is 0 Å². The molecule has 2 aromatic rings. The average molecular weight is 444 g/mol. The van der Waals surface area contributed by atoms with Gasteiger partial charge >= 0.3 is 0 Å². The topological polar surface area (TPSA) is 88.8 Å². The first-order chi connectivity index (χ1) is 15.0. The van der Waals surface area contributed by atoms with E-state index in [2.05, 4.69) is 51.7 Å². The molecule has 0 radical (unpaired) electrons. The van der Waals surface area contributed by atoms with Gasteiger partial charge in [-0.25, -0.2) is 4.68 Å². The molecule has 1 amide bonds. The van der Waals surface area contributed by atoms with Gasteiger partial charge in [0.2, 0.25) is 5.91 Å². The molecule has 0 spiro atoms. The van der Waals surface area contributed by atoms with Crippen LogP contribution in [-0.2, 0) is 11.3 Å². The van der Waals surface area contributed by atoms with Crippen LogP contribution in [-0.4, -0.2) is 67.6 Å². The van der Waals surface area contributed by atoms with Gasteiger partial charge in [-0.3, -0.25) is 9.78 Å². The molecule has 0 aliphatic carbocycles. The Morgan fingerprint density at radius 2 is 2.16 bits per heavy atom. The van der Waals surface area contributed by atoms with E-state index >= 15 is 0 Å². The Morgan fingerprint density at radius 3 is 2.84 bits per heavy atom. The number of rotatable bonds is 10. The van der Waals surface area contributed by atoms with Crippen molar-refractivity contribution in [2.75, 3.05) is 31.6 Å². The molecule has 0 aromatic carbocycles. The molecule has 2 aromatic heterocycles. The number of nitrogens with zero attached hydrogens (tertiary/aromatic N) is 6. The van der Waals surface area contributed by atoms with Gasteiger partial charge in [0.15, 0.2) is 5.82 Å². The summed E-state index contributed by atoms with van der Waals surface area (Å²) < 4.78 is 1.91. The number of aryl methyl sites for hydroxylation is 3. The molecular weight excluding hydrogens is 410 g/mol. The van der Waals surface area contributed by atoms with Gasteiger partial charge in [0.1, 0.15) is 0 Å². The third kappa shape index (κ3) is 6.13. The van der Waals surface area contributed by atoms with Crippen LogP contribution in [0, 0.1) is 19.8 Å². The minimum absolute atomic E-state index is 0.0231. The number of carbonyl (C=O) groups excluding carboxylic acids is 1. The summed E-state index contributed by atoms with van der Waals surface area (Å²) in [5.74, 6) is 2.42. The number of piperidine rings is 1. The van der Waals surface area contributed by atoms with E-state index in [1.807, 2.05) is 34.5 Å². The fourth-order valence-electron chi connectivity index (χ4n) is 3.89. The van der Waals surface area contributed by atoms with Crippen molar-refractivity contribution in [2.45, 2.75) is 45.7 Å². The quantitative estimate of drug-likeness (QED) is 0.446. The largest absolute Gasteiger partial charge is 0.339 e. The molecule has 1 saturated heterocycles. The molecular formula is C22H33N7OS. The second-order valence-electron chi connectivity index (χ2n) is 8.09. The van der Waals surface area contributed by atoms with Crippen molar-refractivity contribution in [1.82, 2.24) is 35.4 Å². The van der Waals surface area contributed by atoms with Crippen molar-refractivity contribution in [2.24, 2.45) is 5.92 Å². The van der Waals surface area contributed by atoms with Crippen molar-refractivity contribution in [3.8, 4) is 0 Å². The lowest BCUT2D eigenvalue weighted by molar-refractivity contribution is -0.127. The molecule has 1 aliphatic rings. The van der Waals surface area contributed by atoms with Gasteiger partial charge in [0, 0.05) is 31.5 Å². The molecule has 1 unspecified atom stereocenters. The van der Waals surface area contributed by atoms with Gasteiger partial charge in [-0.2, -0.15) is 11.8 Å². The molecule has 8 nitrogen and oxygen atoms in total. The Labute approximate surface area is 188 Å². The van der Waals surface area contributed by atoms with E-state index in [-0.39, 0.29) is 11.9 Å². The van der Waals surface area contributed by atoms with Gasteiger partial charge < -0.3 is 10.2 Å². The van der Waals surface area contributed by atoms with E-state index in [0.717, 1.165) is 73.8 Å². The zero-order valence-corrected chi connectivity index (χ0v) is 19.6. The smallest absolute Gasteiger partial charge is 0.245 e. The van der Waals surface area contributed by atoms with E-state index < -0.39 is 0 Å². The van der Waals surface area contributed by atoms with Crippen molar-refractivity contribution in [3.63, 3.8) is 0 Å². The van der Waals surface area contributed by atoms with Crippen LogP contribution in [0.15, 0.2) is 24.9 Å². The number of tetrazole rings is 1. The molecule has 0 bridgehead atoms. The van der Waals surface area contributed by atoms with Crippen LogP contribution in [0.2, 0.25) is 0 Å². The van der Waals surface area contributed by atoms with Gasteiger partial charge in [0.25, 0.3) is 0 Å². The number of amides is 1. The summed E-state index contributed by atoms with van der Waals surface area (Å²) in [6, 6.07) is 2.05. The van der Waals surface area contributed by atoms with Crippen LogP contribution in [0.25, 0.3) is 0 Å². The number of pyridine rings is 1. The summed E-state index contributed by atoms with van der Waals surface area (Å²) in [6.07, 6.45) is 8.41. The predicted molar refractivity (Wildman–Crippen MR) is 124 cm³/mol. The van der Waals surface area contributed by atoms with Crippen molar-refractivity contribution < 1.29 is 4.79 Å². The highest BCUT2D eigenvalue weighted by atomic mass is 32.2. The lowest BCUT2D eigenvalue weighted by Gasteiger charge is -2.32. The van der Waals surface area contributed by atoms with E-state index in [9.17, 15) is 4.79 Å². The normalized spacial score (nSPS) is 15.8. The monoisotopic (exact) mass is 443 g/mol. The third-order valence-corrected chi connectivity index (χ3v) is 6.64. The standard InChI is InChI=1S/C22H33N7OS/c1-5-20(30)28-10-7-18(8-11-28)14-24-21(19-13-16(2)17(3)23-15-19)22-25-26-27-29(22)9-6-12-31-4/h5,13,15,18,21,24H,1,6-12,14H2,2-4H3. The second kappa shape index (κ2) is 11.4. The molecule has 1 N–H and O–H groups in total. The summed E-state index contributed by atoms with van der Waals surface area (Å²) in [4.78, 5) is 18.3. The van der Waals surface area contributed by atoms with Crippen LogP contribution in [0.5, 0.6) is 0 Å². The van der Waals surface area contributed by atoms with Crippen molar-refractivity contribution in [1.29, 1.82) is 0 Å². The zero-order valence-electron chi connectivity index (χ0n) is 18.8. The Balaban J connectivity index is 1.73. The summed E-state index contributed by atoms with van der Waals surface area (Å²) in [5.41, 5.74) is 3.26. The Bertz CT molecular complexity index is 876. The van der Waals surface area contributed by atoms with Gasteiger partial charge in [-0.05, 0) is 85.2 Å². The SMILES string of the molecule is C=CC(=O)N1CCC(CNC(c2cnc(C)c(C)c2)c2nnnn2CCCSC)CC1. The molecule has 1 fully saturated rings. The number of likely N-dealkylation sites (tertiary alicyclic amines) is 1. The highest BCUT2D eigenvalue weighted by Crippen LogP contribution is 2.24. The first-order valence-corrected chi connectivity index (χ1v) is 12.3. The molecule has 9 heteroatoms.